The van der Waals surface area contributed by atoms with Crippen molar-refractivity contribution in [2.75, 3.05) is 19.7 Å². The van der Waals surface area contributed by atoms with Gasteiger partial charge in [-0.1, -0.05) is 37.3 Å². The van der Waals surface area contributed by atoms with Gasteiger partial charge in [0.15, 0.2) is 5.78 Å². The first-order chi connectivity index (χ1) is 13.1. The molecule has 3 N–H and O–H groups in total. The third-order valence-electron chi connectivity index (χ3n) is 3.88. The van der Waals surface area contributed by atoms with Crippen molar-refractivity contribution in [2.45, 2.75) is 39.2 Å². The summed E-state index contributed by atoms with van der Waals surface area (Å²) >= 11 is 5.06. The maximum Gasteiger partial charge on any atom is 0.176 e. The highest BCUT2D eigenvalue weighted by Crippen LogP contribution is 2.31. The van der Waals surface area contributed by atoms with Crippen LogP contribution in [0.4, 0.5) is 0 Å². The van der Waals surface area contributed by atoms with Crippen molar-refractivity contribution in [1.82, 2.24) is 5.32 Å². The molecule has 1 heterocycles. The molecule has 0 spiro atoms. The average Bonchev–Trinajstić information content (AvgIpc) is 3.07. The molecule has 7 heteroatoms. The Bertz CT molecular complexity index is 663. The molecule has 0 fully saturated rings. The zero-order valence-corrected chi connectivity index (χ0v) is 17.4. The maximum atomic E-state index is 12.6. The minimum absolute atomic E-state index is 0.0931. The van der Waals surface area contributed by atoms with Crippen molar-refractivity contribution in [3.63, 3.8) is 0 Å². The fraction of sp³-hybridized carbons (Fsp3) is 0.450. The number of carbonyl (C=O) groups is 1. The lowest BCUT2D eigenvalue weighted by Crippen LogP contribution is -2.32. The summed E-state index contributed by atoms with van der Waals surface area (Å²) < 4.78 is 12.2. The minimum atomic E-state index is -0.585. The van der Waals surface area contributed by atoms with Crippen molar-refractivity contribution < 1.29 is 19.3 Å². The molecular formula is C20H28ClNO4S. The molecular weight excluding hydrogens is 386 g/mol. The Morgan fingerprint density at radius 1 is 1.30 bits per heavy atom. The summed E-state index contributed by atoms with van der Waals surface area (Å²) in [6.45, 7) is 5.57. The number of hydrogen-bond donors (Lipinski definition) is 3. The topological polar surface area (TPSA) is 78.8 Å². The van der Waals surface area contributed by atoms with Crippen LogP contribution < -0.4 is 10.1 Å². The Hall–Kier alpha value is -1.44. The number of Topliss-reactive ketones (excluding diaryl/α,β-unsaturated/α-hetero) is 1. The standard InChI is InChI=1S/C20H27NO3S.ClHO/c1-3-11-21-12-17(22)13-24-19-15(2)14-25-20(19)18(23)10-9-16-7-5-4-6-8-16;1-2/h4-8,14,17,21-22H,3,9-13H2,1-2H3;2H. The molecule has 0 radical (unpaired) electrons. The molecule has 2 rings (SSSR count). The highest BCUT2D eigenvalue weighted by Gasteiger charge is 2.18. The summed E-state index contributed by atoms with van der Waals surface area (Å²) in [5.74, 6) is 0.716. The Morgan fingerprint density at radius 2 is 2.00 bits per heavy atom. The van der Waals surface area contributed by atoms with Gasteiger partial charge < -0.3 is 15.2 Å². The van der Waals surface area contributed by atoms with Crippen LogP contribution in [0.1, 0.15) is 40.6 Å². The predicted molar refractivity (Wildman–Crippen MR) is 111 cm³/mol. The molecule has 1 unspecified atom stereocenters. The first-order valence-corrected chi connectivity index (χ1v) is 10.2. The first kappa shape index (κ1) is 23.6. The van der Waals surface area contributed by atoms with E-state index in [-0.39, 0.29) is 12.4 Å². The summed E-state index contributed by atoms with van der Waals surface area (Å²) in [5.41, 5.74) is 2.10. The van der Waals surface area contributed by atoms with E-state index in [0.29, 0.717) is 23.6 Å². The lowest BCUT2D eigenvalue weighted by atomic mass is 10.1. The summed E-state index contributed by atoms with van der Waals surface area (Å²) in [4.78, 5) is 13.2. The van der Waals surface area contributed by atoms with Crippen molar-refractivity contribution in [3.05, 3.63) is 51.7 Å². The predicted octanol–water partition coefficient (Wildman–Crippen LogP) is 3.74. The lowest BCUT2D eigenvalue weighted by molar-refractivity contribution is 0.0955. The fourth-order valence-corrected chi connectivity index (χ4v) is 3.47. The Kier molecular flexibility index (Phi) is 12.0. The van der Waals surface area contributed by atoms with E-state index < -0.39 is 6.10 Å². The quantitative estimate of drug-likeness (QED) is 0.386. The summed E-state index contributed by atoms with van der Waals surface area (Å²) in [5, 5.41) is 15.1. The van der Waals surface area contributed by atoms with Gasteiger partial charge in [-0.3, -0.25) is 9.45 Å². The molecule has 0 saturated heterocycles. The van der Waals surface area contributed by atoms with Gasteiger partial charge in [0.05, 0.1) is 11.9 Å². The Morgan fingerprint density at radius 3 is 2.67 bits per heavy atom. The molecule has 0 aliphatic heterocycles. The zero-order valence-electron chi connectivity index (χ0n) is 15.8. The van der Waals surface area contributed by atoms with Gasteiger partial charge >= 0.3 is 0 Å². The first-order valence-electron chi connectivity index (χ1n) is 8.95. The van der Waals surface area contributed by atoms with Crippen molar-refractivity contribution in [1.29, 1.82) is 0 Å². The van der Waals surface area contributed by atoms with E-state index in [2.05, 4.69) is 24.1 Å². The number of hydrogen-bond acceptors (Lipinski definition) is 6. The van der Waals surface area contributed by atoms with Gasteiger partial charge in [0, 0.05) is 18.5 Å². The van der Waals surface area contributed by atoms with Crippen LogP contribution in [0.5, 0.6) is 5.75 Å². The second kappa shape index (κ2) is 13.7. The fourth-order valence-electron chi connectivity index (χ4n) is 2.51. The molecule has 1 aromatic carbocycles. The van der Waals surface area contributed by atoms with Gasteiger partial charge in [-0.15, -0.1) is 11.3 Å². The number of benzene rings is 1. The number of halogens is 1. The lowest BCUT2D eigenvalue weighted by Gasteiger charge is -2.14. The van der Waals surface area contributed by atoms with Gasteiger partial charge in [0.2, 0.25) is 0 Å². The normalized spacial score (nSPS) is 11.4. The van der Waals surface area contributed by atoms with Crippen LogP contribution in [0.3, 0.4) is 0 Å². The molecule has 0 aliphatic carbocycles. The van der Waals surface area contributed by atoms with E-state index in [1.165, 1.54) is 11.3 Å². The van der Waals surface area contributed by atoms with Crippen LogP contribution in [-0.2, 0) is 6.42 Å². The van der Waals surface area contributed by atoms with Crippen LogP contribution in [0, 0.1) is 6.92 Å². The van der Waals surface area contributed by atoms with Gasteiger partial charge in [-0.25, -0.2) is 0 Å². The summed E-state index contributed by atoms with van der Waals surface area (Å²) in [7, 11) is 0. The molecule has 27 heavy (non-hydrogen) atoms. The number of aliphatic hydroxyl groups excluding tert-OH is 1. The van der Waals surface area contributed by atoms with E-state index in [9.17, 15) is 9.90 Å². The number of thiophene rings is 1. The molecule has 5 nitrogen and oxygen atoms in total. The highest BCUT2D eigenvalue weighted by atomic mass is 35.5. The minimum Gasteiger partial charge on any atom is -0.489 e. The second-order valence-corrected chi connectivity index (χ2v) is 7.03. The Labute approximate surface area is 170 Å². The monoisotopic (exact) mass is 413 g/mol. The summed E-state index contributed by atoms with van der Waals surface area (Å²) in [6.07, 6.45) is 1.62. The van der Waals surface area contributed by atoms with E-state index >= 15 is 0 Å². The zero-order chi connectivity index (χ0) is 20.1. The van der Waals surface area contributed by atoms with E-state index in [1.807, 2.05) is 42.6 Å². The smallest absolute Gasteiger partial charge is 0.176 e. The van der Waals surface area contributed by atoms with Crippen molar-refractivity contribution in [2.24, 2.45) is 0 Å². The molecule has 0 aliphatic rings. The SMILES string of the molecule is CCCNCC(O)COc1c(C)csc1C(=O)CCc1ccccc1.OCl. The molecule has 0 saturated carbocycles. The van der Waals surface area contributed by atoms with Crippen LogP contribution in [0.2, 0.25) is 0 Å². The largest absolute Gasteiger partial charge is 0.489 e. The van der Waals surface area contributed by atoms with Crippen LogP contribution >= 0.6 is 23.2 Å². The molecule has 0 bridgehead atoms. The average molecular weight is 414 g/mol. The van der Waals surface area contributed by atoms with Crippen LogP contribution in [0.25, 0.3) is 0 Å². The van der Waals surface area contributed by atoms with Gasteiger partial charge in [-0.05, 0) is 37.3 Å². The maximum absolute atomic E-state index is 12.6. The summed E-state index contributed by atoms with van der Waals surface area (Å²) in [6, 6.07) is 10.0. The molecule has 1 aromatic heterocycles. The van der Waals surface area contributed by atoms with Crippen molar-refractivity contribution in [3.8, 4) is 5.75 Å². The third kappa shape index (κ3) is 8.41. The number of aryl methyl sites for hydroxylation is 2. The van der Waals surface area contributed by atoms with E-state index in [1.54, 1.807) is 0 Å². The number of carbonyl (C=O) groups excluding carboxylic acids is 1. The van der Waals surface area contributed by atoms with Crippen LogP contribution in [0.15, 0.2) is 35.7 Å². The highest BCUT2D eigenvalue weighted by molar-refractivity contribution is 7.12. The van der Waals surface area contributed by atoms with Crippen LogP contribution in [-0.4, -0.2) is 41.3 Å². The molecule has 0 amide bonds. The second-order valence-electron chi connectivity index (χ2n) is 6.15. The van der Waals surface area contributed by atoms with E-state index in [4.69, 9.17) is 9.40 Å². The number of rotatable bonds is 11. The Balaban J connectivity index is 0.00000176. The molecule has 150 valence electrons. The number of nitrogens with one attached hydrogen (secondary N) is 1. The number of ether oxygens (including phenoxy) is 1. The number of ketones is 1. The van der Waals surface area contributed by atoms with Crippen molar-refractivity contribution >= 4 is 29.0 Å². The third-order valence-corrected chi connectivity index (χ3v) is 5.00. The molecule has 2 aromatic rings. The van der Waals surface area contributed by atoms with Gasteiger partial charge in [0.25, 0.3) is 0 Å². The molecule has 1 atom stereocenters. The van der Waals surface area contributed by atoms with E-state index in [0.717, 1.165) is 30.5 Å². The number of aliphatic hydroxyl groups is 1. The van der Waals surface area contributed by atoms with Gasteiger partial charge in [-0.2, -0.15) is 0 Å². The van der Waals surface area contributed by atoms with Gasteiger partial charge in [0.1, 0.15) is 23.3 Å².